The highest BCUT2D eigenvalue weighted by Gasteiger charge is 2.38. The fourth-order valence-electron chi connectivity index (χ4n) is 2.04. The molecule has 1 aromatic heterocycles. The molecule has 1 aliphatic rings. The van der Waals surface area contributed by atoms with Crippen LogP contribution in [0.2, 0.25) is 0 Å². The van der Waals surface area contributed by atoms with Gasteiger partial charge in [0.1, 0.15) is 0 Å². The Kier molecular flexibility index (Phi) is 4.32. The van der Waals surface area contributed by atoms with Crippen molar-refractivity contribution in [1.29, 1.82) is 0 Å². The summed E-state index contributed by atoms with van der Waals surface area (Å²) in [5, 5.41) is 9.01. The first-order chi connectivity index (χ1) is 8.95. The summed E-state index contributed by atoms with van der Waals surface area (Å²) < 4.78 is 26.8. The maximum absolute atomic E-state index is 12.6. The zero-order valence-corrected chi connectivity index (χ0v) is 12.3. The first-order valence-corrected chi connectivity index (χ1v) is 8.19. The van der Waals surface area contributed by atoms with Crippen LogP contribution in [0.5, 0.6) is 0 Å². The van der Waals surface area contributed by atoms with Crippen LogP contribution >= 0.6 is 0 Å². The number of hydrogen-bond acceptors (Lipinski definition) is 3. The lowest BCUT2D eigenvalue weighted by atomic mass is 10.1. The summed E-state index contributed by atoms with van der Waals surface area (Å²) in [4.78, 5) is 3.04. The molecule has 0 unspecified atom stereocenters. The van der Waals surface area contributed by atoms with Crippen LogP contribution in [0.15, 0.2) is 17.2 Å². The van der Waals surface area contributed by atoms with E-state index in [-0.39, 0.29) is 17.5 Å². The van der Waals surface area contributed by atoms with Gasteiger partial charge in [0.05, 0.1) is 11.5 Å². The molecule has 1 saturated carbocycles. The van der Waals surface area contributed by atoms with Crippen LogP contribution in [-0.4, -0.2) is 35.4 Å². The Labute approximate surface area is 114 Å². The average Bonchev–Trinajstić information content (AvgIpc) is 3.05. The van der Waals surface area contributed by atoms with Crippen LogP contribution in [0.3, 0.4) is 0 Å². The number of H-pyrrole nitrogens is 1. The SMILES string of the molecule is CC(C)CCN(C1CC1)S(=O)(=O)c1c[nH]c(CO)c1. The van der Waals surface area contributed by atoms with E-state index in [9.17, 15) is 8.42 Å². The minimum absolute atomic E-state index is 0.163. The molecule has 1 aliphatic carbocycles. The van der Waals surface area contributed by atoms with E-state index in [2.05, 4.69) is 18.8 Å². The second kappa shape index (κ2) is 5.64. The molecule has 2 N–H and O–H groups in total. The van der Waals surface area contributed by atoms with Gasteiger partial charge in [-0.3, -0.25) is 0 Å². The largest absolute Gasteiger partial charge is 0.390 e. The topological polar surface area (TPSA) is 73.4 Å². The number of rotatable bonds is 7. The minimum atomic E-state index is -3.43. The zero-order chi connectivity index (χ0) is 14.0. The lowest BCUT2D eigenvalue weighted by Crippen LogP contribution is -2.34. The molecule has 0 aliphatic heterocycles. The van der Waals surface area contributed by atoms with Crippen LogP contribution in [-0.2, 0) is 16.6 Å². The van der Waals surface area contributed by atoms with Crippen molar-refractivity contribution in [2.75, 3.05) is 6.54 Å². The molecule has 0 spiro atoms. The number of nitrogens with one attached hydrogen (secondary N) is 1. The predicted octanol–water partition coefficient (Wildman–Crippen LogP) is 1.71. The van der Waals surface area contributed by atoms with Gasteiger partial charge in [-0.2, -0.15) is 4.31 Å². The molecule has 5 nitrogen and oxygen atoms in total. The highest BCUT2D eigenvalue weighted by Crippen LogP contribution is 2.32. The van der Waals surface area contributed by atoms with Crippen molar-refractivity contribution in [3.63, 3.8) is 0 Å². The second-order valence-corrected chi connectivity index (χ2v) is 7.44. The average molecular weight is 286 g/mol. The predicted molar refractivity (Wildman–Crippen MR) is 73.1 cm³/mol. The van der Waals surface area contributed by atoms with Crippen molar-refractivity contribution in [2.45, 2.75) is 50.7 Å². The molecule has 0 amide bonds. The van der Waals surface area contributed by atoms with E-state index in [0.29, 0.717) is 18.2 Å². The minimum Gasteiger partial charge on any atom is -0.390 e. The van der Waals surface area contributed by atoms with E-state index in [4.69, 9.17) is 5.11 Å². The molecule has 1 heterocycles. The van der Waals surface area contributed by atoms with Gasteiger partial charge >= 0.3 is 0 Å². The molecular weight excluding hydrogens is 264 g/mol. The van der Waals surface area contributed by atoms with Gasteiger partial charge in [0.15, 0.2) is 0 Å². The molecule has 2 rings (SSSR count). The molecule has 0 aromatic carbocycles. The molecule has 1 fully saturated rings. The van der Waals surface area contributed by atoms with E-state index in [1.54, 1.807) is 4.31 Å². The molecule has 19 heavy (non-hydrogen) atoms. The number of aromatic nitrogens is 1. The van der Waals surface area contributed by atoms with Crippen molar-refractivity contribution in [3.05, 3.63) is 18.0 Å². The van der Waals surface area contributed by atoms with Gasteiger partial charge in [-0.15, -0.1) is 0 Å². The van der Waals surface area contributed by atoms with Gasteiger partial charge in [0.2, 0.25) is 10.0 Å². The third-order valence-electron chi connectivity index (χ3n) is 3.37. The van der Waals surface area contributed by atoms with Crippen molar-refractivity contribution in [2.24, 2.45) is 5.92 Å². The van der Waals surface area contributed by atoms with Crippen LogP contribution < -0.4 is 0 Å². The van der Waals surface area contributed by atoms with Crippen LogP contribution in [0.1, 0.15) is 38.8 Å². The summed E-state index contributed by atoms with van der Waals surface area (Å²) in [6.07, 6.45) is 4.24. The molecule has 0 radical (unpaired) electrons. The quantitative estimate of drug-likeness (QED) is 0.801. The number of hydrogen-bond donors (Lipinski definition) is 2. The maximum atomic E-state index is 12.6. The molecule has 1 aromatic rings. The van der Waals surface area contributed by atoms with E-state index in [1.807, 2.05) is 0 Å². The Hall–Kier alpha value is -0.850. The first kappa shape index (κ1) is 14.6. The normalized spacial score (nSPS) is 16.5. The van der Waals surface area contributed by atoms with Gasteiger partial charge in [-0.25, -0.2) is 8.42 Å². The highest BCUT2D eigenvalue weighted by molar-refractivity contribution is 7.89. The second-order valence-electron chi connectivity index (χ2n) is 5.55. The highest BCUT2D eigenvalue weighted by atomic mass is 32.2. The Morgan fingerprint density at radius 3 is 2.63 bits per heavy atom. The summed E-state index contributed by atoms with van der Waals surface area (Å²) in [6.45, 7) is 4.59. The van der Waals surface area contributed by atoms with Gasteiger partial charge in [0.25, 0.3) is 0 Å². The van der Waals surface area contributed by atoms with Gasteiger partial charge in [-0.1, -0.05) is 13.8 Å². The summed E-state index contributed by atoms with van der Waals surface area (Å²) >= 11 is 0. The van der Waals surface area contributed by atoms with Gasteiger partial charge in [0, 0.05) is 24.5 Å². The van der Waals surface area contributed by atoms with Gasteiger partial charge < -0.3 is 10.1 Å². The van der Waals surface area contributed by atoms with Crippen LogP contribution in [0, 0.1) is 5.92 Å². The van der Waals surface area contributed by atoms with Crippen LogP contribution in [0.25, 0.3) is 0 Å². The number of aliphatic hydroxyl groups is 1. The number of aliphatic hydroxyl groups excluding tert-OH is 1. The Morgan fingerprint density at radius 2 is 2.16 bits per heavy atom. The molecular formula is C13H22N2O3S. The third-order valence-corrected chi connectivity index (χ3v) is 5.30. The molecule has 6 heteroatoms. The maximum Gasteiger partial charge on any atom is 0.244 e. The monoisotopic (exact) mass is 286 g/mol. The Morgan fingerprint density at radius 1 is 1.47 bits per heavy atom. The molecule has 0 atom stereocenters. The molecule has 0 saturated heterocycles. The molecule has 0 bridgehead atoms. The zero-order valence-electron chi connectivity index (χ0n) is 11.5. The summed E-state index contributed by atoms with van der Waals surface area (Å²) in [5.74, 6) is 0.482. The van der Waals surface area contributed by atoms with Crippen molar-refractivity contribution in [1.82, 2.24) is 9.29 Å². The number of nitrogens with zero attached hydrogens (tertiary/aromatic N) is 1. The van der Waals surface area contributed by atoms with E-state index >= 15 is 0 Å². The van der Waals surface area contributed by atoms with E-state index < -0.39 is 10.0 Å². The lowest BCUT2D eigenvalue weighted by Gasteiger charge is -2.22. The standard InChI is InChI=1S/C13H22N2O3S/c1-10(2)5-6-15(12-3-4-12)19(17,18)13-7-11(9-16)14-8-13/h7-8,10,12,14,16H,3-6,9H2,1-2H3. The Balaban J connectivity index is 2.18. The number of aromatic amines is 1. The van der Waals surface area contributed by atoms with Crippen molar-refractivity contribution < 1.29 is 13.5 Å². The smallest absolute Gasteiger partial charge is 0.244 e. The molecule has 108 valence electrons. The van der Waals surface area contributed by atoms with Crippen LogP contribution in [0.4, 0.5) is 0 Å². The van der Waals surface area contributed by atoms with E-state index in [0.717, 1.165) is 19.3 Å². The fourth-order valence-corrected chi connectivity index (χ4v) is 3.76. The lowest BCUT2D eigenvalue weighted by molar-refractivity contribution is 0.277. The van der Waals surface area contributed by atoms with Crippen molar-refractivity contribution in [3.8, 4) is 0 Å². The summed E-state index contributed by atoms with van der Waals surface area (Å²) in [7, 11) is -3.43. The summed E-state index contributed by atoms with van der Waals surface area (Å²) in [5.41, 5.74) is 0.526. The van der Waals surface area contributed by atoms with E-state index in [1.165, 1.54) is 12.3 Å². The summed E-state index contributed by atoms with van der Waals surface area (Å²) in [6, 6.07) is 1.68. The Bertz CT molecular complexity index is 518. The van der Waals surface area contributed by atoms with Crippen molar-refractivity contribution >= 4 is 10.0 Å². The fraction of sp³-hybridized carbons (Fsp3) is 0.692. The third kappa shape index (κ3) is 3.38. The first-order valence-electron chi connectivity index (χ1n) is 6.75. The van der Waals surface area contributed by atoms with Gasteiger partial charge in [-0.05, 0) is 31.2 Å². The number of sulfonamides is 1.